The van der Waals surface area contributed by atoms with E-state index in [0.717, 1.165) is 6.08 Å². The minimum Gasteiger partial charge on any atom is -0.460 e. The van der Waals surface area contributed by atoms with E-state index >= 15 is 0 Å². The van der Waals surface area contributed by atoms with Crippen LogP contribution in [0.3, 0.4) is 0 Å². The van der Waals surface area contributed by atoms with Gasteiger partial charge in [-0.05, 0) is 18.6 Å². The Bertz CT molecular complexity index is 507. The van der Waals surface area contributed by atoms with E-state index in [1.165, 1.54) is 24.3 Å². The number of hydrogen-bond acceptors (Lipinski definition) is 5. The number of ether oxygens (including phenoxy) is 1. The summed E-state index contributed by atoms with van der Waals surface area (Å²) in [6.45, 7) is 1.71. The van der Waals surface area contributed by atoms with Crippen LogP contribution in [0.2, 0.25) is 0 Å². The predicted molar refractivity (Wildman–Crippen MR) is 63.8 cm³/mol. The lowest BCUT2D eigenvalue weighted by molar-refractivity contribution is -0.384. The molecule has 0 saturated carbocycles. The number of esters is 1. The number of non-ortho nitro benzene ring substituents is 1. The highest BCUT2D eigenvalue weighted by Crippen LogP contribution is 2.14. The van der Waals surface area contributed by atoms with Crippen LogP contribution in [0.15, 0.2) is 30.3 Å². The lowest BCUT2D eigenvalue weighted by atomic mass is 10.2. The van der Waals surface area contributed by atoms with Crippen molar-refractivity contribution < 1.29 is 19.2 Å². The van der Waals surface area contributed by atoms with Crippen molar-refractivity contribution in [2.75, 3.05) is 6.61 Å². The van der Waals surface area contributed by atoms with Crippen molar-refractivity contribution in [3.63, 3.8) is 0 Å². The third-order valence-electron chi connectivity index (χ3n) is 1.98. The van der Waals surface area contributed by atoms with E-state index in [9.17, 15) is 19.7 Å². The summed E-state index contributed by atoms with van der Waals surface area (Å²) in [6.07, 6.45) is 2.35. The standard InChI is InChI=1S/C12H11NO5/c1-2-18-12(15)11(14)7-6-9-4-3-5-10(8-9)13(16)17/h3-8H,2H2,1H3/b7-6+. The lowest BCUT2D eigenvalue weighted by Gasteiger charge is -1.96. The van der Waals surface area contributed by atoms with Gasteiger partial charge in [-0.15, -0.1) is 0 Å². The average molecular weight is 249 g/mol. The SMILES string of the molecule is CCOC(=O)C(=O)/C=C/c1cccc([N+](=O)[O-])c1. The molecule has 94 valence electrons. The van der Waals surface area contributed by atoms with Crippen LogP contribution in [-0.4, -0.2) is 23.3 Å². The first kappa shape index (κ1) is 13.6. The zero-order chi connectivity index (χ0) is 13.5. The van der Waals surface area contributed by atoms with Crippen molar-refractivity contribution in [3.8, 4) is 0 Å². The van der Waals surface area contributed by atoms with Crippen LogP contribution in [0, 0.1) is 10.1 Å². The molecule has 0 bridgehead atoms. The number of hydrogen-bond donors (Lipinski definition) is 0. The number of carbonyl (C=O) groups is 2. The van der Waals surface area contributed by atoms with Crippen molar-refractivity contribution in [1.82, 2.24) is 0 Å². The van der Waals surface area contributed by atoms with E-state index in [1.54, 1.807) is 13.0 Å². The summed E-state index contributed by atoms with van der Waals surface area (Å²) in [4.78, 5) is 32.2. The number of carbonyl (C=O) groups excluding carboxylic acids is 2. The summed E-state index contributed by atoms with van der Waals surface area (Å²) in [5.41, 5.74) is 0.377. The van der Waals surface area contributed by atoms with Gasteiger partial charge in [-0.2, -0.15) is 0 Å². The average Bonchev–Trinajstić information content (AvgIpc) is 2.36. The minimum absolute atomic E-state index is 0.0827. The first-order valence-corrected chi connectivity index (χ1v) is 5.18. The maximum absolute atomic E-state index is 11.2. The Labute approximate surface area is 103 Å². The Morgan fingerprint density at radius 2 is 2.17 bits per heavy atom. The summed E-state index contributed by atoms with van der Waals surface area (Å²) in [5, 5.41) is 10.5. The van der Waals surface area contributed by atoms with E-state index in [2.05, 4.69) is 4.74 Å². The molecule has 0 spiro atoms. The van der Waals surface area contributed by atoms with Crippen LogP contribution in [0.1, 0.15) is 12.5 Å². The molecule has 6 heteroatoms. The Hall–Kier alpha value is -2.50. The first-order valence-electron chi connectivity index (χ1n) is 5.18. The molecule has 0 aliphatic rings. The van der Waals surface area contributed by atoms with Crippen molar-refractivity contribution >= 4 is 23.5 Å². The summed E-state index contributed by atoms with van der Waals surface area (Å²) >= 11 is 0. The van der Waals surface area contributed by atoms with Crippen LogP contribution < -0.4 is 0 Å². The molecular formula is C12H11NO5. The number of nitro benzene ring substituents is 1. The maximum Gasteiger partial charge on any atom is 0.379 e. The maximum atomic E-state index is 11.2. The molecule has 0 atom stereocenters. The highest BCUT2D eigenvalue weighted by molar-refractivity contribution is 6.39. The molecule has 0 amide bonds. The van der Waals surface area contributed by atoms with E-state index < -0.39 is 16.7 Å². The van der Waals surface area contributed by atoms with Crippen LogP contribution in [0.5, 0.6) is 0 Å². The molecule has 0 heterocycles. The highest BCUT2D eigenvalue weighted by atomic mass is 16.6. The summed E-state index contributed by atoms with van der Waals surface area (Å²) < 4.78 is 4.51. The van der Waals surface area contributed by atoms with Crippen molar-refractivity contribution in [3.05, 3.63) is 46.0 Å². The van der Waals surface area contributed by atoms with Gasteiger partial charge >= 0.3 is 5.97 Å². The molecule has 1 rings (SSSR count). The third kappa shape index (κ3) is 3.82. The smallest absolute Gasteiger partial charge is 0.379 e. The molecule has 0 saturated heterocycles. The number of benzene rings is 1. The zero-order valence-electron chi connectivity index (χ0n) is 9.66. The van der Waals surface area contributed by atoms with Crippen LogP contribution in [0.4, 0.5) is 5.69 Å². The molecule has 1 aromatic rings. The number of nitrogens with zero attached hydrogens (tertiary/aromatic N) is 1. The van der Waals surface area contributed by atoms with Crippen molar-refractivity contribution in [2.45, 2.75) is 6.92 Å². The minimum atomic E-state index is -0.945. The van der Waals surface area contributed by atoms with Gasteiger partial charge < -0.3 is 4.74 Å². The van der Waals surface area contributed by atoms with Crippen LogP contribution >= 0.6 is 0 Å². The molecule has 0 unspecified atom stereocenters. The molecule has 0 aliphatic carbocycles. The van der Waals surface area contributed by atoms with Crippen molar-refractivity contribution in [1.29, 1.82) is 0 Å². The first-order chi connectivity index (χ1) is 8.54. The quantitative estimate of drug-likeness (QED) is 0.261. The normalized spacial score (nSPS) is 10.3. The fraction of sp³-hybridized carbons (Fsp3) is 0.167. The second kappa shape index (κ2) is 6.29. The molecule has 0 radical (unpaired) electrons. The number of ketones is 1. The van der Waals surface area contributed by atoms with Crippen LogP contribution in [-0.2, 0) is 14.3 Å². The van der Waals surface area contributed by atoms with Crippen molar-refractivity contribution in [2.24, 2.45) is 0 Å². The monoisotopic (exact) mass is 249 g/mol. The summed E-state index contributed by atoms with van der Waals surface area (Å²) in [5.74, 6) is -1.75. The molecule has 6 nitrogen and oxygen atoms in total. The molecule has 1 aromatic carbocycles. The van der Waals surface area contributed by atoms with E-state index in [4.69, 9.17) is 0 Å². The van der Waals surface area contributed by atoms with E-state index in [-0.39, 0.29) is 12.3 Å². The molecule has 0 fully saturated rings. The zero-order valence-corrected chi connectivity index (χ0v) is 9.66. The van der Waals surface area contributed by atoms with E-state index in [0.29, 0.717) is 5.56 Å². The molecule has 0 aliphatic heterocycles. The topological polar surface area (TPSA) is 86.5 Å². The predicted octanol–water partition coefficient (Wildman–Crippen LogP) is 1.74. The van der Waals surface area contributed by atoms with Gasteiger partial charge in [-0.1, -0.05) is 18.2 Å². The van der Waals surface area contributed by atoms with E-state index in [1.807, 2.05) is 0 Å². The van der Waals surface area contributed by atoms with Gasteiger partial charge in [0.1, 0.15) is 0 Å². The lowest BCUT2D eigenvalue weighted by Crippen LogP contribution is -2.14. The van der Waals surface area contributed by atoms with Gasteiger partial charge in [0.2, 0.25) is 0 Å². The molecular weight excluding hydrogens is 238 g/mol. The molecule has 0 N–H and O–H groups in total. The third-order valence-corrected chi connectivity index (χ3v) is 1.98. The second-order valence-corrected chi connectivity index (χ2v) is 3.27. The number of nitro groups is 1. The fourth-order valence-electron chi connectivity index (χ4n) is 1.18. The largest absolute Gasteiger partial charge is 0.460 e. The Kier molecular flexibility index (Phi) is 4.74. The van der Waals surface area contributed by atoms with Gasteiger partial charge in [-0.3, -0.25) is 14.9 Å². The second-order valence-electron chi connectivity index (χ2n) is 3.27. The fourth-order valence-corrected chi connectivity index (χ4v) is 1.18. The van der Waals surface area contributed by atoms with Crippen LogP contribution in [0.25, 0.3) is 6.08 Å². The van der Waals surface area contributed by atoms with Gasteiger partial charge in [0.25, 0.3) is 11.5 Å². The number of rotatable bonds is 5. The molecule has 0 aromatic heterocycles. The highest BCUT2D eigenvalue weighted by Gasteiger charge is 2.10. The summed E-state index contributed by atoms with van der Waals surface area (Å²) in [7, 11) is 0. The Morgan fingerprint density at radius 1 is 1.44 bits per heavy atom. The summed E-state index contributed by atoms with van der Waals surface area (Å²) in [6, 6.07) is 5.72. The van der Waals surface area contributed by atoms with Gasteiger partial charge in [-0.25, -0.2) is 4.79 Å². The van der Waals surface area contributed by atoms with Gasteiger partial charge in [0.05, 0.1) is 11.5 Å². The molecule has 18 heavy (non-hydrogen) atoms. The van der Waals surface area contributed by atoms with Gasteiger partial charge in [0, 0.05) is 12.1 Å². The Morgan fingerprint density at radius 3 is 2.78 bits per heavy atom. The van der Waals surface area contributed by atoms with Gasteiger partial charge in [0.15, 0.2) is 0 Å². The Balaban J connectivity index is 2.78.